The first-order valence-electron chi connectivity index (χ1n) is 11.5. The molecule has 2 heteroatoms. The molecule has 5 rings (SSSR count). The summed E-state index contributed by atoms with van der Waals surface area (Å²) in [7, 11) is 0. The topological polar surface area (TPSA) is 17.1 Å². The van der Waals surface area contributed by atoms with E-state index in [2.05, 4.69) is 62.4 Å². The van der Waals surface area contributed by atoms with Crippen molar-refractivity contribution < 1.29 is 0 Å². The zero-order valence-electron chi connectivity index (χ0n) is 19.1. The lowest BCUT2D eigenvalue weighted by Crippen LogP contribution is -2.06. The zero-order valence-corrected chi connectivity index (χ0v) is 19.9. The maximum Gasteiger partial charge on any atom is 0.196 e. The third-order valence-electron chi connectivity index (χ3n) is 5.75. The van der Waals surface area contributed by atoms with Crippen molar-refractivity contribution in [1.82, 2.24) is 0 Å². The van der Waals surface area contributed by atoms with E-state index < -0.39 is 0 Å². The van der Waals surface area contributed by atoms with Crippen molar-refractivity contribution in [3.05, 3.63) is 130 Å². The van der Waals surface area contributed by atoms with Gasteiger partial charge in [-0.25, -0.2) is 0 Å². The second-order valence-electron chi connectivity index (χ2n) is 7.87. The van der Waals surface area contributed by atoms with Crippen LogP contribution in [0.3, 0.4) is 0 Å². The highest BCUT2D eigenvalue weighted by Crippen LogP contribution is 2.28. The highest BCUT2D eigenvalue weighted by Gasteiger charge is 2.11. The Balaban J connectivity index is 0.000000165. The van der Waals surface area contributed by atoms with Gasteiger partial charge in [0, 0.05) is 20.2 Å². The molecule has 0 saturated heterocycles. The SMILES string of the molecule is C(=Cc1ccccc1)c1ccccc1.CCc1ccc2sc3ccccc3c(=O)c2c1CC. The molecular formula is C31H28OS. The van der Waals surface area contributed by atoms with Gasteiger partial charge in [-0.15, -0.1) is 11.3 Å². The first-order chi connectivity index (χ1) is 16.2. The summed E-state index contributed by atoms with van der Waals surface area (Å²) in [5.74, 6) is 0. The fourth-order valence-electron chi connectivity index (χ4n) is 4.06. The molecule has 1 nitrogen and oxygen atoms in total. The van der Waals surface area contributed by atoms with E-state index in [1.807, 2.05) is 60.7 Å². The van der Waals surface area contributed by atoms with E-state index in [4.69, 9.17) is 0 Å². The van der Waals surface area contributed by atoms with Crippen molar-refractivity contribution in [2.24, 2.45) is 0 Å². The fraction of sp³-hybridized carbons (Fsp3) is 0.129. The molecule has 0 radical (unpaired) electrons. The Morgan fingerprint density at radius 1 is 0.636 bits per heavy atom. The molecule has 0 atom stereocenters. The predicted octanol–water partition coefficient (Wildman–Crippen LogP) is 8.40. The molecule has 0 fully saturated rings. The summed E-state index contributed by atoms with van der Waals surface area (Å²) in [6.07, 6.45) is 6.14. The molecule has 0 saturated carbocycles. The van der Waals surface area contributed by atoms with Crippen molar-refractivity contribution in [3.63, 3.8) is 0 Å². The maximum absolute atomic E-state index is 12.7. The summed E-state index contributed by atoms with van der Waals surface area (Å²) >= 11 is 1.71. The van der Waals surface area contributed by atoms with Crippen LogP contribution in [-0.2, 0) is 12.8 Å². The number of hydrogen-bond acceptors (Lipinski definition) is 2. The molecule has 4 aromatic carbocycles. The van der Waals surface area contributed by atoms with Gasteiger partial charge in [0.1, 0.15) is 0 Å². The predicted molar refractivity (Wildman–Crippen MR) is 146 cm³/mol. The number of rotatable bonds is 4. The molecule has 0 aliphatic carbocycles. The van der Waals surface area contributed by atoms with Crippen LogP contribution in [0.1, 0.15) is 36.1 Å². The zero-order chi connectivity index (χ0) is 23.0. The van der Waals surface area contributed by atoms with Gasteiger partial charge in [-0.3, -0.25) is 4.79 Å². The van der Waals surface area contributed by atoms with E-state index in [1.54, 1.807) is 11.3 Å². The standard InChI is InChI=1S/C17H16OS.C14H12/c1-3-11-9-10-15-16(12(11)4-2)17(18)13-7-5-6-8-14(13)19-15;1-3-7-13(8-4-1)11-12-14-9-5-2-6-10-14/h5-10H,3-4H2,1-2H3;1-12H. The number of aryl methyl sites for hydroxylation is 2. The molecule has 0 aliphatic rings. The smallest absolute Gasteiger partial charge is 0.196 e. The van der Waals surface area contributed by atoms with Gasteiger partial charge in [0.2, 0.25) is 0 Å². The van der Waals surface area contributed by atoms with E-state index in [9.17, 15) is 4.79 Å². The van der Waals surface area contributed by atoms with E-state index >= 15 is 0 Å². The van der Waals surface area contributed by atoms with Crippen LogP contribution in [0.15, 0.2) is 102 Å². The maximum atomic E-state index is 12.7. The first kappa shape index (κ1) is 22.7. The Morgan fingerprint density at radius 2 is 1.21 bits per heavy atom. The molecule has 1 aromatic heterocycles. The second-order valence-corrected chi connectivity index (χ2v) is 8.95. The largest absolute Gasteiger partial charge is 0.288 e. The number of benzene rings is 4. The van der Waals surface area contributed by atoms with Crippen molar-refractivity contribution in [2.45, 2.75) is 26.7 Å². The normalized spacial score (nSPS) is 11.0. The average molecular weight is 449 g/mol. The van der Waals surface area contributed by atoms with Crippen LogP contribution in [0.2, 0.25) is 0 Å². The van der Waals surface area contributed by atoms with Gasteiger partial charge in [-0.1, -0.05) is 105 Å². The van der Waals surface area contributed by atoms with Crippen LogP contribution in [0.5, 0.6) is 0 Å². The first-order valence-corrected chi connectivity index (χ1v) is 12.3. The van der Waals surface area contributed by atoms with E-state index in [1.165, 1.54) is 22.3 Å². The minimum absolute atomic E-state index is 0.191. The van der Waals surface area contributed by atoms with E-state index in [0.29, 0.717) is 0 Å². The highest BCUT2D eigenvalue weighted by atomic mass is 32.1. The van der Waals surface area contributed by atoms with Crippen LogP contribution >= 0.6 is 11.3 Å². The molecular weight excluding hydrogens is 420 g/mol. The molecule has 0 amide bonds. The second kappa shape index (κ2) is 10.9. The van der Waals surface area contributed by atoms with E-state index in [-0.39, 0.29) is 5.43 Å². The molecule has 0 bridgehead atoms. The number of fused-ring (bicyclic) bond motifs is 2. The van der Waals surface area contributed by atoms with Crippen LogP contribution in [-0.4, -0.2) is 0 Å². The summed E-state index contributed by atoms with van der Waals surface area (Å²) in [5.41, 5.74) is 5.19. The Morgan fingerprint density at radius 3 is 1.79 bits per heavy atom. The third-order valence-corrected chi connectivity index (χ3v) is 6.89. The monoisotopic (exact) mass is 448 g/mol. The molecule has 164 valence electrons. The lowest BCUT2D eigenvalue weighted by Gasteiger charge is -2.10. The van der Waals surface area contributed by atoms with Gasteiger partial charge in [0.05, 0.1) is 0 Å². The van der Waals surface area contributed by atoms with Gasteiger partial charge < -0.3 is 0 Å². The fourth-order valence-corrected chi connectivity index (χ4v) is 5.16. The molecule has 0 unspecified atom stereocenters. The van der Waals surface area contributed by atoms with Gasteiger partial charge >= 0.3 is 0 Å². The van der Waals surface area contributed by atoms with Crippen LogP contribution in [0.4, 0.5) is 0 Å². The molecule has 0 N–H and O–H groups in total. The lowest BCUT2D eigenvalue weighted by molar-refractivity contribution is 1.05. The Labute approximate surface area is 199 Å². The van der Waals surface area contributed by atoms with Crippen molar-refractivity contribution in [1.29, 1.82) is 0 Å². The Kier molecular flexibility index (Phi) is 7.49. The van der Waals surface area contributed by atoms with Gasteiger partial charge in [0.25, 0.3) is 0 Å². The van der Waals surface area contributed by atoms with Crippen molar-refractivity contribution in [3.8, 4) is 0 Å². The third kappa shape index (κ3) is 5.30. The van der Waals surface area contributed by atoms with Crippen molar-refractivity contribution in [2.75, 3.05) is 0 Å². The van der Waals surface area contributed by atoms with E-state index in [0.717, 1.165) is 33.0 Å². The molecule has 0 aliphatic heterocycles. The molecule has 5 aromatic rings. The summed E-state index contributed by atoms with van der Waals surface area (Å²) < 4.78 is 2.18. The average Bonchev–Trinajstić information content (AvgIpc) is 2.88. The summed E-state index contributed by atoms with van der Waals surface area (Å²) in [6.45, 7) is 4.28. The molecule has 0 spiro atoms. The summed E-state index contributed by atoms with van der Waals surface area (Å²) in [4.78, 5) is 12.7. The summed E-state index contributed by atoms with van der Waals surface area (Å²) in [6, 6.07) is 32.8. The van der Waals surface area contributed by atoms with Crippen LogP contribution < -0.4 is 5.43 Å². The van der Waals surface area contributed by atoms with Gasteiger partial charge in [-0.05, 0) is 53.3 Å². The molecule has 1 heterocycles. The quantitative estimate of drug-likeness (QED) is 0.199. The molecule has 33 heavy (non-hydrogen) atoms. The Bertz CT molecular complexity index is 1390. The Hall–Kier alpha value is -3.49. The minimum Gasteiger partial charge on any atom is -0.288 e. The lowest BCUT2D eigenvalue weighted by atomic mass is 9.98. The van der Waals surface area contributed by atoms with Crippen LogP contribution in [0.25, 0.3) is 32.3 Å². The van der Waals surface area contributed by atoms with Crippen molar-refractivity contribution >= 4 is 43.7 Å². The highest BCUT2D eigenvalue weighted by molar-refractivity contribution is 7.24. The minimum atomic E-state index is 0.191. The van der Waals surface area contributed by atoms with Gasteiger partial charge in [0.15, 0.2) is 5.43 Å². The van der Waals surface area contributed by atoms with Crippen LogP contribution in [0, 0.1) is 0 Å². The summed E-state index contributed by atoms with van der Waals surface area (Å²) in [5, 5.41) is 1.79. The van der Waals surface area contributed by atoms with Gasteiger partial charge in [-0.2, -0.15) is 0 Å². The number of hydrogen-bond donors (Lipinski definition) is 0.